The van der Waals surface area contributed by atoms with E-state index in [0.717, 1.165) is 5.56 Å². The number of aryl methyl sites for hydroxylation is 3. The van der Waals surface area contributed by atoms with E-state index in [4.69, 9.17) is 4.74 Å². The van der Waals surface area contributed by atoms with E-state index in [1.54, 1.807) is 39.0 Å². The van der Waals surface area contributed by atoms with Crippen molar-refractivity contribution >= 4 is 5.69 Å². The molecule has 0 saturated heterocycles. The quantitative estimate of drug-likeness (QED) is 0.634. The first-order chi connectivity index (χ1) is 9.93. The van der Waals surface area contributed by atoms with Crippen molar-refractivity contribution in [2.45, 2.75) is 20.8 Å². The molecule has 2 rings (SSSR count). The van der Waals surface area contributed by atoms with Crippen LogP contribution in [0.5, 0.6) is 11.6 Å². The molecule has 0 aliphatic carbocycles. The lowest BCUT2D eigenvalue weighted by molar-refractivity contribution is -0.386. The molecule has 0 amide bonds. The fourth-order valence-corrected chi connectivity index (χ4v) is 2.06. The summed E-state index contributed by atoms with van der Waals surface area (Å²) in [7, 11) is 0. The average Bonchev–Trinajstić information content (AvgIpc) is 2.37. The zero-order valence-electron chi connectivity index (χ0n) is 11.9. The molecule has 2 aromatic rings. The summed E-state index contributed by atoms with van der Waals surface area (Å²) < 4.78 is 5.56. The highest BCUT2D eigenvalue weighted by molar-refractivity contribution is 5.55. The standard InChI is InChI=1S/C15H13N3O3/c1-9-5-4-6-13(14(9)18(19)20)21-15-12(8-16)10(2)7-11(3)17-15/h4-7H,1-3H3. The Hall–Kier alpha value is -2.94. The van der Waals surface area contributed by atoms with Crippen molar-refractivity contribution in [1.82, 2.24) is 4.98 Å². The lowest BCUT2D eigenvalue weighted by Gasteiger charge is -2.10. The van der Waals surface area contributed by atoms with Crippen LogP contribution in [0, 0.1) is 42.2 Å². The van der Waals surface area contributed by atoms with Crippen LogP contribution in [0.4, 0.5) is 5.69 Å². The summed E-state index contributed by atoms with van der Waals surface area (Å²) in [5.41, 5.74) is 2.03. The molecule has 21 heavy (non-hydrogen) atoms. The van der Waals surface area contributed by atoms with Crippen molar-refractivity contribution in [2.24, 2.45) is 0 Å². The largest absolute Gasteiger partial charge is 0.430 e. The summed E-state index contributed by atoms with van der Waals surface area (Å²) >= 11 is 0. The van der Waals surface area contributed by atoms with E-state index in [9.17, 15) is 15.4 Å². The molecule has 0 spiro atoms. The molecule has 1 heterocycles. The van der Waals surface area contributed by atoms with Crippen molar-refractivity contribution in [3.63, 3.8) is 0 Å². The number of nitro benzene ring substituents is 1. The number of benzene rings is 1. The molecule has 0 fully saturated rings. The molecule has 6 heteroatoms. The van der Waals surface area contributed by atoms with Crippen molar-refractivity contribution in [3.05, 3.63) is 56.8 Å². The summed E-state index contributed by atoms with van der Waals surface area (Å²) in [5.74, 6) is 0.165. The number of hydrogen-bond acceptors (Lipinski definition) is 5. The van der Waals surface area contributed by atoms with Gasteiger partial charge in [-0.3, -0.25) is 10.1 Å². The molecule has 0 aliphatic heterocycles. The number of hydrogen-bond donors (Lipinski definition) is 0. The number of nitriles is 1. The summed E-state index contributed by atoms with van der Waals surface area (Å²) in [6.45, 7) is 5.17. The van der Waals surface area contributed by atoms with E-state index >= 15 is 0 Å². The molecule has 1 aromatic carbocycles. The van der Waals surface area contributed by atoms with Crippen molar-refractivity contribution < 1.29 is 9.66 Å². The fourth-order valence-electron chi connectivity index (χ4n) is 2.06. The number of nitro groups is 1. The highest BCUT2D eigenvalue weighted by atomic mass is 16.6. The van der Waals surface area contributed by atoms with Gasteiger partial charge in [0, 0.05) is 11.3 Å². The third kappa shape index (κ3) is 2.82. The average molecular weight is 283 g/mol. The molecular formula is C15H13N3O3. The van der Waals surface area contributed by atoms with Gasteiger partial charge in [-0.05, 0) is 38.5 Å². The van der Waals surface area contributed by atoms with E-state index in [-0.39, 0.29) is 22.9 Å². The van der Waals surface area contributed by atoms with Crippen LogP contribution in [-0.2, 0) is 0 Å². The molecule has 0 N–H and O–H groups in total. The van der Waals surface area contributed by atoms with Gasteiger partial charge in [-0.1, -0.05) is 12.1 Å². The summed E-state index contributed by atoms with van der Waals surface area (Å²) in [6.07, 6.45) is 0. The Morgan fingerprint density at radius 2 is 2.00 bits per heavy atom. The van der Waals surface area contributed by atoms with Gasteiger partial charge in [-0.15, -0.1) is 0 Å². The van der Waals surface area contributed by atoms with Crippen molar-refractivity contribution in [3.8, 4) is 17.7 Å². The number of para-hydroxylation sites is 1. The molecule has 0 saturated carbocycles. The maximum atomic E-state index is 11.2. The normalized spacial score (nSPS) is 10.0. The van der Waals surface area contributed by atoms with Crippen LogP contribution in [0.2, 0.25) is 0 Å². The second-order valence-corrected chi connectivity index (χ2v) is 4.65. The van der Waals surface area contributed by atoms with Gasteiger partial charge in [-0.2, -0.15) is 5.26 Å². The van der Waals surface area contributed by atoms with E-state index in [1.165, 1.54) is 6.07 Å². The summed E-state index contributed by atoms with van der Waals surface area (Å²) in [6, 6.07) is 8.56. The number of pyridine rings is 1. The van der Waals surface area contributed by atoms with Gasteiger partial charge >= 0.3 is 5.69 Å². The first-order valence-corrected chi connectivity index (χ1v) is 6.24. The Morgan fingerprint density at radius 3 is 2.62 bits per heavy atom. The second kappa shape index (κ2) is 5.59. The van der Waals surface area contributed by atoms with E-state index in [1.807, 2.05) is 6.07 Å². The highest BCUT2D eigenvalue weighted by Crippen LogP contribution is 2.34. The first-order valence-electron chi connectivity index (χ1n) is 6.24. The predicted octanol–water partition coefficient (Wildman–Crippen LogP) is 3.58. The van der Waals surface area contributed by atoms with Crippen molar-refractivity contribution in [1.29, 1.82) is 5.26 Å². The Bertz CT molecular complexity index is 763. The molecule has 0 radical (unpaired) electrons. The third-order valence-corrected chi connectivity index (χ3v) is 3.01. The van der Waals surface area contributed by atoms with Crippen LogP contribution in [0.3, 0.4) is 0 Å². The van der Waals surface area contributed by atoms with Gasteiger partial charge in [0.1, 0.15) is 11.6 Å². The Morgan fingerprint density at radius 1 is 1.29 bits per heavy atom. The maximum Gasteiger partial charge on any atom is 0.314 e. The number of ether oxygens (including phenoxy) is 1. The molecule has 106 valence electrons. The minimum Gasteiger partial charge on any atom is -0.430 e. The second-order valence-electron chi connectivity index (χ2n) is 4.65. The van der Waals surface area contributed by atoms with Gasteiger partial charge in [0.05, 0.1) is 4.92 Å². The predicted molar refractivity (Wildman–Crippen MR) is 76.3 cm³/mol. The van der Waals surface area contributed by atoms with Crippen LogP contribution in [0.15, 0.2) is 24.3 Å². The molecule has 1 aromatic heterocycles. The molecule has 0 unspecified atom stereocenters. The van der Waals surface area contributed by atoms with Gasteiger partial charge < -0.3 is 4.74 Å². The SMILES string of the molecule is Cc1cc(C)c(C#N)c(Oc2cccc(C)c2[N+](=O)[O-])n1. The zero-order valence-corrected chi connectivity index (χ0v) is 11.9. The number of aromatic nitrogens is 1. The zero-order chi connectivity index (χ0) is 15.6. The van der Waals surface area contributed by atoms with E-state index in [0.29, 0.717) is 11.3 Å². The van der Waals surface area contributed by atoms with E-state index < -0.39 is 4.92 Å². The molecule has 0 bridgehead atoms. The number of nitrogens with zero attached hydrogens (tertiary/aromatic N) is 3. The Balaban J connectivity index is 2.57. The van der Waals surface area contributed by atoms with Crippen LogP contribution in [0.25, 0.3) is 0 Å². The van der Waals surface area contributed by atoms with Crippen molar-refractivity contribution in [2.75, 3.05) is 0 Å². The fraction of sp³-hybridized carbons (Fsp3) is 0.200. The monoisotopic (exact) mass is 283 g/mol. The van der Waals surface area contributed by atoms with E-state index in [2.05, 4.69) is 4.98 Å². The minimum absolute atomic E-state index is 0.0778. The Labute approximate surface area is 121 Å². The van der Waals surface area contributed by atoms with Gasteiger partial charge in [-0.25, -0.2) is 4.98 Å². The van der Waals surface area contributed by atoms with Crippen LogP contribution >= 0.6 is 0 Å². The van der Waals surface area contributed by atoms with Crippen LogP contribution < -0.4 is 4.74 Å². The lowest BCUT2D eigenvalue weighted by atomic mass is 10.1. The molecule has 0 atom stereocenters. The summed E-state index contributed by atoms with van der Waals surface area (Å²) in [5, 5.41) is 20.4. The lowest BCUT2D eigenvalue weighted by Crippen LogP contribution is -2.00. The minimum atomic E-state index is -0.501. The third-order valence-electron chi connectivity index (χ3n) is 3.01. The molecule has 0 aliphatic rings. The first kappa shape index (κ1) is 14.5. The maximum absolute atomic E-state index is 11.2. The Kier molecular flexibility index (Phi) is 3.85. The van der Waals surface area contributed by atoms with Gasteiger partial charge in [0.2, 0.25) is 11.6 Å². The van der Waals surface area contributed by atoms with Gasteiger partial charge in [0.15, 0.2) is 0 Å². The van der Waals surface area contributed by atoms with Crippen LogP contribution in [0.1, 0.15) is 22.4 Å². The van der Waals surface area contributed by atoms with Crippen LogP contribution in [-0.4, -0.2) is 9.91 Å². The smallest absolute Gasteiger partial charge is 0.314 e. The summed E-state index contributed by atoms with van der Waals surface area (Å²) in [4.78, 5) is 14.8. The molecule has 6 nitrogen and oxygen atoms in total. The number of rotatable bonds is 3. The topological polar surface area (TPSA) is 89.0 Å². The highest BCUT2D eigenvalue weighted by Gasteiger charge is 2.21. The molecular weight excluding hydrogens is 270 g/mol. The van der Waals surface area contributed by atoms with Gasteiger partial charge in [0.25, 0.3) is 0 Å².